The second kappa shape index (κ2) is 9.27. The molecule has 1 fully saturated rings. The molecular weight excluding hydrogens is 326 g/mol. The van der Waals surface area contributed by atoms with Crippen LogP contribution >= 0.6 is 0 Å². The summed E-state index contributed by atoms with van der Waals surface area (Å²) < 4.78 is 11.4. The predicted molar refractivity (Wildman–Crippen MR) is 103 cm³/mol. The van der Waals surface area contributed by atoms with Gasteiger partial charge >= 0.3 is 0 Å². The van der Waals surface area contributed by atoms with E-state index in [2.05, 4.69) is 12.2 Å². The number of amides is 1. The molecule has 26 heavy (non-hydrogen) atoms. The molecule has 0 atom stereocenters. The van der Waals surface area contributed by atoms with E-state index < -0.39 is 0 Å². The molecule has 1 aliphatic carbocycles. The maximum absolute atomic E-state index is 12.1. The van der Waals surface area contributed by atoms with Crippen LogP contribution < -0.4 is 14.8 Å². The number of ether oxygens (including phenoxy) is 2. The van der Waals surface area contributed by atoms with E-state index in [-0.39, 0.29) is 5.91 Å². The van der Waals surface area contributed by atoms with Gasteiger partial charge in [0.1, 0.15) is 11.5 Å². The molecule has 138 valence electrons. The molecule has 0 aliphatic heterocycles. The zero-order valence-corrected chi connectivity index (χ0v) is 15.4. The number of unbranched alkanes of at least 4 members (excludes halogenated alkanes) is 1. The highest BCUT2D eigenvalue weighted by Crippen LogP contribution is 2.29. The minimum atomic E-state index is -0.0433. The third kappa shape index (κ3) is 6.10. The molecule has 3 rings (SSSR count). The highest BCUT2D eigenvalue weighted by molar-refractivity contribution is 5.94. The van der Waals surface area contributed by atoms with Crippen LogP contribution in [0.5, 0.6) is 11.5 Å². The van der Waals surface area contributed by atoms with Crippen LogP contribution in [0, 0.1) is 12.8 Å². The van der Waals surface area contributed by atoms with Crippen LogP contribution in [0.4, 0.5) is 0 Å². The fourth-order valence-electron chi connectivity index (χ4n) is 2.56. The summed E-state index contributed by atoms with van der Waals surface area (Å²) >= 11 is 0. The molecule has 2 aromatic rings. The van der Waals surface area contributed by atoms with E-state index in [1.807, 2.05) is 48.5 Å². The van der Waals surface area contributed by atoms with E-state index in [0.29, 0.717) is 18.7 Å². The zero-order valence-electron chi connectivity index (χ0n) is 15.4. The minimum Gasteiger partial charge on any atom is -0.494 e. The van der Waals surface area contributed by atoms with E-state index in [4.69, 9.17) is 9.47 Å². The molecule has 0 heterocycles. The Kier molecular flexibility index (Phi) is 6.53. The number of nitrogens with one attached hydrogen (secondary N) is 1. The molecule has 4 heteroatoms. The van der Waals surface area contributed by atoms with Gasteiger partial charge in [0.15, 0.2) is 0 Å². The van der Waals surface area contributed by atoms with E-state index in [9.17, 15) is 4.79 Å². The van der Waals surface area contributed by atoms with Crippen molar-refractivity contribution >= 4 is 5.91 Å². The van der Waals surface area contributed by atoms with Crippen molar-refractivity contribution in [2.75, 3.05) is 19.8 Å². The smallest absolute Gasteiger partial charge is 0.251 e. The second-order valence-corrected chi connectivity index (χ2v) is 6.90. The average Bonchev–Trinajstić information content (AvgIpc) is 3.49. The number of hydrogen-bond acceptors (Lipinski definition) is 3. The van der Waals surface area contributed by atoms with Crippen LogP contribution in [0.3, 0.4) is 0 Å². The van der Waals surface area contributed by atoms with Gasteiger partial charge in [-0.25, -0.2) is 0 Å². The Morgan fingerprint density at radius 1 is 0.962 bits per heavy atom. The van der Waals surface area contributed by atoms with Gasteiger partial charge in [0.05, 0.1) is 13.2 Å². The standard InChI is InChI=1S/C22H27NO3/c1-17-4-10-20(11-5-17)25-15-3-2-14-23-22(24)19-8-12-21(13-9-19)26-16-18-6-7-18/h4-5,8-13,18H,2-3,6-7,14-16H2,1H3,(H,23,24). The SMILES string of the molecule is Cc1ccc(OCCCCNC(=O)c2ccc(OCC3CC3)cc2)cc1. The van der Waals surface area contributed by atoms with Crippen LogP contribution in [-0.2, 0) is 0 Å². The van der Waals surface area contributed by atoms with E-state index >= 15 is 0 Å². The first-order valence-corrected chi connectivity index (χ1v) is 9.41. The van der Waals surface area contributed by atoms with Gasteiger partial charge in [-0.05, 0) is 74.9 Å². The highest BCUT2D eigenvalue weighted by atomic mass is 16.5. The molecule has 1 amide bonds. The Morgan fingerprint density at radius 2 is 1.62 bits per heavy atom. The summed E-state index contributed by atoms with van der Waals surface area (Å²) in [6.07, 6.45) is 4.34. The van der Waals surface area contributed by atoms with Crippen LogP contribution in [0.15, 0.2) is 48.5 Å². The van der Waals surface area contributed by atoms with Crippen LogP contribution in [0.1, 0.15) is 41.6 Å². The van der Waals surface area contributed by atoms with Gasteiger partial charge in [-0.1, -0.05) is 17.7 Å². The Balaban J connectivity index is 1.29. The lowest BCUT2D eigenvalue weighted by Crippen LogP contribution is -2.24. The molecule has 1 aliphatic rings. The average molecular weight is 353 g/mol. The van der Waals surface area contributed by atoms with Crippen molar-refractivity contribution in [1.29, 1.82) is 0 Å². The summed E-state index contributed by atoms with van der Waals surface area (Å²) in [5, 5.41) is 2.95. The van der Waals surface area contributed by atoms with Gasteiger partial charge in [0, 0.05) is 12.1 Å². The van der Waals surface area contributed by atoms with Crippen molar-refractivity contribution in [3.8, 4) is 11.5 Å². The molecule has 1 saturated carbocycles. The van der Waals surface area contributed by atoms with Crippen LogP contribution in [0.25, 0.3) is 0 Å². The quantitative estimate of drug-likeness (QED) is 0.645. The number of rotatable bonds is 10. The van der Waals surface area contributed by atoms with Crippen molar-refractivity contribution in [2.45, 2.75) is 32.6 Å². The maximum Gasteiger partial charge on any atom is 0.251 e. The maximum atomic E-state index is 12.1. The van der Waals surface area contributed by atoms with Gasteiger partial charge in [-0.15, -0.1) is 0 Å². The summed E-state index contributed by atoms with van der Waals surface area (Å²) in [7, 11) is 0. The fourth-order valence-corrected chi connectivity index (χ4v) is 2.56. The lowest BCUT2D eigenvalue weighted by molar-refractivity contribution is 0.0952. The van der Waals surface area contributed by atoms with Crippen LogP contribution in [-0.4, -0.2) is 25.7 Å². The summed E-state index contributed by atoms with van der Waals surface area (Å²) in [5.41, 5.74) is 1.89. The Labute approximate surface area is 155 Å². The third-order valence-electron chi connectivity index (χ3n) is 4.45. The molecular formula is C22H27NO3. The van der Waals surface area contributed by atoms with E-state index in [1.165, 1.54) is 18.4 Å². The van der Waals surface area contributed by atoms with Crippen molar-refractivity contribution in [1.82, 2.24) is 5.32 Å². The van der Waals surface area contributed by atoms with Crippen molar-refractivity contribution in [2.24, 2.45) is 5.92 Å². The van der Waals surface area contributed by atoms with Crippen molar-refractivity contribution < 1.29 is 14.3 Å². The molecule has 2 aromatic carbocycles. The molecule has 0 aromatic heterocycles. The number of hydrogen-bond donors (Lipinski definition) is 1. The summed E-state index contributed by atoms with van der Waals surface area (Å²) in [6.45, 7) is 4.15. The minimum absolute atomic E-state index is 0.0433. The predicted octanol–water partition coefficient (Wildman–Crippen LogP) is 4.37. The largest absolute Gasteiger partial charge is 0.494 e. The molecule has 1 N–H and O–H groups in total. The summed E-state index contributed by atoms with van der Waals surface area (Å²) in [6, 6.07) is 15.4. The van der Waals surface area contributed by atoms with Gasteiger partial charge < -0.3 is 14.8 Å². The molecule has 0 saturated heterocycles. The first-order valence-electron chi connectivity index (χ1n) is 9.41. The van der Waals surface area contributed by atoms with Gasteiger partial charge in [0.25, 0.3) is 5.91 Å². The third-order valence-corrected chi connectivity index (χ3v) is 4.45. The second-order valence-electron chi connectivity index (χ2n) is 6.90. The van der Waals surface area contributed by atoms with E-state index in [1.54, 1.807) is 0 Å². The summed E-state index contributed by atoms with van der Waals surface area (Å²) in [4.78, 5) is 12.1. The molecule has 0 radical (unpaired) electrons. The van der Waals surface area contributed by atoms with Crippen molar-refractivity contribution in [3.05, 3.63) is 59.7 Å². The molecule has 0 bridgehead atoms. The summed E-state index contributed by atoms with van der Waals surface area (Å²) in [5.74, 6) is 2.41. The fraction of sp³-hybridized carbons (Fsp3) is 0.409. The normalized spacial score (nSPS) is 13.3. The Morgan fingerprint density at radius 3 is 2.31 bits per heavy atom. The van der Waals surface area contributed by atoms with E-state index in [0.717, 1.165) is 36.9 Å². The number of benzene rings is 2. The Bertz CT molecular complexity index is 690. The van der Waals surface area contributed by atoms with Crippen LogP contribution in [0.2, 0.25) is 0 Å². The topological polar surface area (TPSA) is 47.6 Å². The van der Waals surface area contributed by atoms with Crippen molar-refractivity contribution in [3.63, 3.8) is 0 Å². The molecule has 0 spiro atoms. The monoisotopic (exact) mass is 353 g/mol. The Hall–Kier alpha value is -2.49. The lowest BCUT2D eigenvalue weighted by Gasteiger charge is -2.08. The first-order chi connectivity index (χ1) is 12.7. The molecule has 4 nitrogen and oxygen atoms in total. The number of aryl methyl sites for hydroxylation is 1. The number of carbonyl (C=O) groups is 1. The van der Waals surface area contributed by atoms with Gasteiger partial charge in [-0.3, -0.25) is 4.79 Å². The van der Waals surface area contributed by atoms with Gasteiger partial charge in [0.2, 0.25) is 0 Å². The molecule has 0 unspecified atom stereocenters. The van der Waals surface area contributed by atoms with Gasteiger partial charge in [-0.2, -0.15) is 0 Å². The highest BCUT2D eigenvalue weighted by Gasteiger charge is 2.21. The lowest BCUT2D eigenvalue weighted by atomic mass is 10.2. The first kappa shape index (κ1) is 18.3. The zero-order chi connectivity index (χ0) is 18.2. The number of carbonyl (C=O) groups excluding carboxylic acids is 1.